The third-order valence-electron chi connectivity index (χ3n) is 7.29. The van der Waals surface area contributed by atoms with Crippen molar-refractivity contribution in [3.05, 3.63) is 23.8 Å². The van der Waals surface area contributed by atoms with E-state index < -0.39 is 6.03 Å². The molecule has 0 unspecified atom stereocenters. The van der Waals surface area contributed by atoms with Gasteiger partial charge in [-0.15, -0.1) is 0 Å². The number of hydrogen-bond donors (Lipinski definition) is 1. The van der Waals surface area contributed by atoms with E-state index in [1.165, 1.54) is 24.3 Å². The Bertz CT molecular complexity index is 1020. The summed E-state index contributed by atoms with van der Waals surface area (Å²) in [5.41, 5.74) is 1.80. The molecule has 5 rings (SSSR count). The van der Waals surface area contributed by atoms with Crippen molar-refractivity contribution in [2.24, 2.45) is 5.92 Å². The number of benzene rings is 1. The first-order valence-corrected chi connectivity index (χ1v) is 12.0. The molecule has 2 aromatic rings. The Morgan fingerprint density at radius 1 is 1.09 bits per heavy atom. The number of urea groups is 1. The van der Waals surface area contributed by atoms with E-state index in [9.17, 15) is 9.59 Å². The van der Waals surface area contributed by atoms with Crippen LogP contribution in [0.3, 0.4) is 0 Å². The van der Waals surface area contributed by atoms with Gasteiger partial charge in [0.15, 0.2) is 11.4 Å². The van der Waals surface area contributed by atoms with Crippen LogP contribution in [0.5, 0.6) is 0 Å². The summed E-state index contributed by atoms with van der Waals surface area (Å²) in [4.78, 5) is 30.5. The molecule has 0 aliphatic carbocycles. The first kappa shape index (κ1) is 22.3. The van der Waals surface area contributed by atoms with Crippen molar-refractivity contribution in [3.63, 3.8) is 0 Å². The van der Waals surface area contributed by atoms with Crippen molar-refractivity contribution in [3.8, 4) is 0 Å². The number of aromatic nitrogens is 1. The van der Waals surface area contributed by atoms with Crippen LogP contribution < -0.4 is 10.2 Å². The second kappa shape index (κ2) is 9.40. The number of nitrogens with one attached hydrogen (secondary N) is 1. The number of amides is 3. The van der Waals surface area contributed by atoms with Crippen LogP contribution in [0.1, 0.15) is 38.7 Å². The lowest BCUT2D eigenvalue weighted by Gasteiger charge is -2.45. The van der Waals surface area contributed by atoms with Crippen molar-refractivity contribution >= 4 is 28.7 Å². The topological polar surface area (TPSA) is 91.2 Å². The molecule has 0 saturated carbocycles. The molecule has 9 nitrogen and oxygen atoms in total. The summed E-state index contributed by atoms with van der Waals surface area (Å²) in [6.45, 7) is 10.8. The number of ether oxygens (including phenoxy) is 1. The van der Waals surface area contributed by atoms with Crippen LogP contribution in [-0.2, 0) is 16.1 Å². The molecule has 1 N–H and O–H groups in total. The Hall–Kier alpha value is -2.49. The van der Waals surface area contributed by atoms with Crippen molar-refractivity contribution in [1.82, 2.24) is 20.3 Å². The van der Waals surface area contributed by atoms with E-state index in [-0.39, 0.29) is 12.3 Å². The summed E-state index contributed by atoms with van der Waals surface area (Å²) in [5, 5.41) is 7.28. The lowest BCUT2D eigenvalue weighted by Crippen LogP contribution is -2.56. The second-order valence-corrected chi connectivity index (χ2v) is 9.73. The summed E-state index contributed by atoms with van der Waals surface area (Å²) >= 11 is 0. The standard InChI is InChI=1S/C24H33N5O4/c1-16-13-28(17(2)12-27(16)14-18-6-9-32-10-7-18)15-19-3-4-21-20(11-19)23(26-33-21)29-8-5-22(30)25-24(29)31/h3-4,11,16-18H,5-10,12-15H2,1-2H3,(H,25,30,31)/t16-,17-/m0/s1. The van der Waals surface area contributed by atoms with Gasteiger partial charge >= 0.3 is 6.03 Å². The molecular formula is C24H33N5O4. The van der Waals surface area contributed by atoms with Crippen LogP contribution in [0.4, 0.5) is 10.6 Å². The number of fused-ring (bicyclic) bond motifs is 1. The third kappa shape index (κ3) is 4.76. The van der Waals surface area contributed by atoms with E-state index >= 15 is 0 Å². The molecule has 2 atom stereocenters. The fraction of sp³-hybridized carbons (Fsp3) is 0.625. The van der Waals surface area contributed by atoms with Crippen LogP contribution >= 0.6 is 0 Å². The number of carbonyl (C=O) groups excluding carboxylic acids is 2. The number of imide groups is 1. The van der Waals surface area contributed by atoms with Crippen LogP contribution in [0.15, 0.2) is 22.7 Å². The molecular weight excluding hydrogens is 422 g/mol. The molecule has 9 heteroatoms. The van der Waals surface area contributed by atoms with Crippen molar-refractivity contribution in [2.45, 2.75) is 51.7 Å². The summed E-state index contributed by atoms with van der Waals surface area (Å²) in [6, 6.07) is 6.57. The maximum atomic E-state index is 12.3. The smallest absolute Gasteiger partial charge is 0.329 e. The van der Waals surface area contributed by atoms with Gasteiger partial charge in [0.25, 0.3) is 0 Å². The van der Waals surface area contributed by atoms with E-state index in [1.54, 1.807) is 0 Å². The minimum atomic E-state index is -0.449. The van der Waals surface area contributed by atoms with Gasteiger partial charge in [0.2, 0.25) is 5.91 Å². The van der Waals surface area contributed by atoms with Gasteiger partial charge in [-0.1, -0.05) is 11.2 Å². The predicted octanol–water partition coefficient (Wildman–Crippen LogP) is 2.60. The number of nitrogens with zero attached hydrogens (tertiary/aromatic N) is 4. The number of hydrogen-bond acceptors (Lipinski definition) is 7. The molecule has 1 aromatic heterocycles. The predicted molar refractivity (Wildman–Crippen MR) is 124 cm³/mol. The zero-order valence-corrected chi connectivity index (χ0v) is 19.5. The van der Waals surface area contributed by atoms with Gasteiger partial charge in [0.05, 0.1) is 5.39 Å². The first-order valence-electron chi connectivity index (χ1n) is 12.0. The number of piperazine rings is 1. The Morgan fingerprint density at radius 2 is 1.85 bits per heavy atom. The quantitative estimate of drug-likeness (QED) is 0.741. The summed E-state index contributed by atoms with van der Waals surface area (Å²) < 4.78 is 11.0. The molecule has 0 spiro atoms. The zero-order chi connectivity index (χ0) is 22.9. The highest BCUT2D eigenvalue weighted by Crippen LogP contribution is 2.29. The Balaban J connectivity index is 1.27. The van der Waals surface area contributed by atoms with Crippen molar-refractivity contribution < 1.29 is 18.8 Å². The van der Waals surface area contributed by atoms with Gasteiger partial charge in [-0.2, -0.15) is 0 Å². The molecule has 3 aliphatic rings. The van der Waals surface area contributed by atoms with Crippen LogP contribution in [0.25, 0.3) is 11.0 Å². The average Bonchev–Trinajstić information content (AvgIpc) is 3.21. The van der Waals surface area contributed by atoms with Crippen LogP contribution in [-0.4, -0.2) is 78.4 Å². The maximum absolute atomic E-state index is 12.3. The monoisotopic (exact) mass is 455 g/mol. The largest absolute Gasteiger partial charge is 0.381 e. The fourth-order valence-corrected chi connectivity index (χ4v) is 5.27. The lowest BCUT2D eigenvalue weighted by atomic mass is 9.97. The average molecular weight is 456 g/mol. The molecule has 178 valence electrons. The lowest BCUT2D eigenvalue weighted by molar-refractivity contribution is -0.120. The summed E-state index contributed by atoms with van der Waals surface area (Å²) in [7, 11) is 0. The minimum absolute atomic E-state index is 0.257. The molecule has 3 aliphatic heterocycles. The van der Waals surface area contributed by atoms with Gasteiger partial charge in [0.1, 0.15) is 0 Å². The molecule has 1 aromatic carbocycles. The van der Waals surface area contributed by atoms with Crippen LogP contribution in [0.2, 0.25) is 0 Å². The van der Waals surface area contributed by atoms with Gasteiger partial charge in [-0.25, -0.2) is 4.79 Å². The van der Waals surface area contributed by atoms with Crippen molar-refractivity contribution in [2.75, 3.05) is 44.3 Å². The molecule has 3 fully saturated rings. The molecule has 0 bridgehead atoms. The third-order valence-corrected chi connectivity index (χ3v) is 7.29. The highest BCUT2D eigenvalue weighted by molar-refractivity contribution is 6.08. The second-order valence-electron chi connectivity index (χ2n) is 9.73. The zero-order valence-electron chi connectivity index (χ0n) is 19.5. The van der Waals surface area contributed by atoms with Crippen molar-refractivity contribution in [1.29, 1.82) is 0 Å². The van der Waals surface area contributed by atoms with Crippen LogP contribution in [0, 0.1) is 5.92 Å². The Morgan fingerprint density at radius 3 is 2.64 bits per heavy atom. The van der Waals surface area contributed by atoms with Gasteiger partial charge in [0, 0.05) is 64.4 Å². The van der Waals surface area contributed by atoms with Gasteiger partial charge < -0.3 is 9.26 Å². The SMILES string of the molecule is C[C@H]1CN(CC2CCOCC2)[C@@H](C)CN1Cc1ccc2onc(N3CCC(=O)NC3=O)c2c1. The highest BCUT2D eigenvalue weighted by Gasteiger charge is 2.32. The number of rotatable bonds is 5. The van der Waals surface area contributed by atoms with Gasteiger partial charge in [-0.05, 0) is 50.3 Å². The number of anilines is 1. The van der Waals surface area contributed by atoms with E-state index in [0.29, 0.717) is 30.0 Å². The van der Waals surface area contributed by atoms with Gasteiger partial charge in [-0.3, -0.25) is 24.8 Å². The van der Waals surface area contributed by atoms with E-state index in [0.717, 1.165) is 49.7 Å². The normalized spacial score (nSPS) is 26.2. The summed E-state index contributed by atoms with van der Waals surface area (Å²) in [5.74, 6) is 0.958. The Kier molecular flexibility index (Phi) is 6.36. The fourth-order valence-electron chi connectivity index (χ4n) is 5.27. The number of carbonyl (C=O) groups is 2. The Labute approximate surface area is 194 Å². The summed E-state index contributed by atoms with van der Waals surface area (Å²) in [6.07, 6.45) is 2.60. The highest BCUT2D eigenvalue weighted by atomic mass is 16.5. The first-order chi connectivity index (χ1) is 16.0. The molecule has 0 radical (unpaired) electrons. The molecule has 3 amide bonds. The molecule has 33 heavy (non-hydrogen) atoms. The molecule has 4 heterocycles. The maximum Gasteiger partial charge on any atom is 0.329 e. The van der Waals surface area contributed by atoms with E-state index in [2.05, 4.69) is 46.3 Å². The molecule has 3 saturated heterocycles. The van der Waals surface area contributed by atoms with E-state index in [1.807, 2.05) is 6.07 Å². The van der Waals surface area contributed by atoms with E-state index in [4.69, 9.17) is 9.26 Å². The minimum Gasteiger partial charge on any atom is -0.381 e.